The summed E-state index contributed by atoms with van der Waals surface area (Å²) in [6, 6.07) is 0. The number of hydrogen-bond acceptors (Lipinski definition) is 3. The predicted molar refractivity (Wildman–Crippen MR) is 82.7 cm³/mol. The van der Waals surface area contributed by atoms with Crippen molar-refractivity contribution in [2.75, 3.05) is 25.4 Å². The summed E-state index contributed by atoms with van der Waals surface area (Å²) < 4.78 is 0. The monoisotopic (exact) mass is 294 g/mol. The first kappa shape index (κ1) is 18.1. The van der Waals surface area contributed by atoms with Crippen molar-refractivity contribution in [2.24, 2.45) is 5.92 Å². The van der Waals surface area contributed by atoms with E-state index >= 15 is 0 Å². The molecule has 1 saturated heterocycles. The van der Waals surface area contributed by atoms with Crippen molar-refractivity contribution < 1.29 is 4.79 Å². The van der Waals surface area contributed by atoms with E-state index in [1.54, 1.807) is 11.8 Å². The van der Waals surface area contributed by atoms with Crippen LogP contribution in [0.2, 0.25) is 0 Å². The molecular formula is C13H27ClN2OS. The number of amides is 1. The summed E-state index contributed by atoms with van der Waals surface area (Å²) in [4.78, 5) is 11.8. The van der Waals surface area contributed by atoms with E-state index in [0.29, 0.717) is 5.92 Å². The van der Waals surface area contributed by atoms with E-state index in [1.165, 1.54) is 25.7 Å². The van der Waals surface area contributed by atoms with Gasteiger partial charge in [-0.3, -0.25) is 4.79 Å². The van der Waals surface area contributed by atoms with Gasteiger partial charge in [-0.1, -0.05) is 13.3 Å². The average molecular weight is 295 g/mol. The summed E-state index contributed by atoms with van der Waals surface area (Å²) in [7, 11) is 0. The molecule has 1 aliphatic rings. The number of unbranched alkanes of at least 4 members (excludes halogenated alkanes) is 1. The Morgan fingerprint density at radius 1 is 1.56 bits per heavy atom. The number of nitrogens with one attached hydrogen (secondary N) is 2. The van der Waals surface area contributed by atoms with Gasteiger partial charge in [0.25, 0.3) is 0 Å². The molecule has 18 heavy (non-hydrogen) atoms. The maximum absolute atomic E-state index is 11.8. The van der Waals surface area contributed by atoms with Crippen LogP contribution in [0.3, 0.4) is 0 Å². The highest BCUT2D eigenvalue weighted by atomic mass is 35.5. The zero-order valence-corrected chi connectivity index (χ0v) is 13.2. The lowest BCUT2D eigenvalue weighted by Crippen LogP contribution is -2.40. The minimum Gasteiger partial charge on any atom is -0.355 e. The Morgan fingerprint density at radius 2 is 2.33 bits per heavy atom. The molecule has 0 spiro atoms. The summed E-state index contributed by atoms with van der Waals surface area (Å²) in [5.74, 6) is 1.92. The molecule has 0 aromatic rings. The fourth-order valence-corrected chi connectivity index (χ4v) is 3.01. The Labute approximate surface area is 122 Å². The summed E-state index contributed by atoms with van der Waals surface area (Å²) in [5.41, 5.74) is 0. The van der Waals surface area contributed by atoms with Crippen LogP contribution in [0.25, 0.3) is 0 Å². The summed E-state index contributed by atoms with van der Waals surface area (Å²) >= 11 is 1.77. The fraction of sp³-hybridized carbons (Fsp3) is 0.923. The first-order valence-electron chi connectivity index (χ1n) is 6.84. The van der Waals surface area contributed by atoms with E-state index in [4.69, 9.17) is 0 Å². The maximum atomic E-state index is 11.8. The van der Waals surface area contributed by atoms with Crippen molar-refractivity contribution >= 4 is 30.1 Å². The van der Waals surface area contributed by atoms with Gasteiger partial charge in [-0.2, -0.15) is 0 Å². The van der Waals surface area contributed by atoms with Crippen LogP contribution in [-0.2, 0) is 4.79 Å². The molecule has 0 radical (unpaired) electrons. The van der Waals surface area contributed by atoms with Gasteiger partial charge >= 0.3 is 0 Å². The number of thioether (sulfide) groups is 1. The van der Waals surface area contributed by atoms with Crippen molar-refractivity contribution in [1.82, 2.24) is 10.6 Å². The van der Waals surface area contributed by atoms with Crippen molar-refractivity contribution in [1.29, 1.82) is 0 Å². The molecule has 1 aliphatic heterocycles. The van der Waals surface area contributed by atoms with E-state index in [0.717, 1.165) is 25.4 Å². The van der Waals surface area contributed by atoms with Gasteiger partial charge in [-0.15, -0.1) is 24.2 Å². The molecule has 0 aromatic heterocycles. The quantitative estimate of drug-likeness (QED) is 0.709. The van der Waals surface area contributed by atoms with Crippen molar-refractivity contribution in [3.8, 4) is 0 Å². The van der Waals surface area contributed by atoms with Gasteiger partial charge in [0.1, 0.15) is 0 Å². The third-order valence-electron chi connectivity index (χ3n) is 3.20. The number of halogens is 1. The Bertz CT molecular complexity index is 223. The molecule has 1 fully saturated rings. The lowest BCUT2D eigenvalue weighted by Gasteiger charge is -2.23. The van der Waals surface area contributed by atoms with Crippen LogP contribution in [0.4, 0.5) is 0 Å². The van der Waals surface area contributed by atoms with Gasteiger partial charge in [0.15, 0.2) is 0 Å². The zero-order valence-electron chi connectivity index (χ0n) is 11.5. The molecule has 3 nitrogen and oxygen atoms in total. The Morgan fingerprint density at radius 3 is 2.94 bits per heavy atom. The first-order chi connectivity index (χ1) is 8.24. The minimum atomic E-state index is 0. The second-order valence-electron chi connectivity index (χ2n) is 4.82. The number of carbonyl (C=O) groups excluding carboxylic acids is 1. The van der Waals surface area contributed by atoms with Gasteiger partial charge in [-0.05, 0) is 50.9 Å². The van der Waals surface area contributed by atoms with Crippen LogP contribution in [0.1, 0.15) is 39.5 Å². The molecule has 1 heterocycles. The highest BCUT2D eigenvalue weighted by molar-refractivity contribution is 8.00. The number of rotatable bonds is 7. The lowest BCUT2D eigenvalue weighted by molar-refractivity contribution is -0.120. The number of carbonyl (C=O) groups is 1. The smallest absolute Gasteiger partial charge is 0.232 e. The molecule has 0 aliphatic carbocycles. The molecule has 0 bridgehead atoms. The van der Waals surface area contributed by atoms with E-state index in [9.17, 15) is 4.79 Å². The molecule has 108 valence electrons. The van der Waals surface area contributed by atoms with E-state index in [2.05, 4.69) is 17.6 Å². The molecule has 5 heteroatoms. The first-order valence-corrected chi connectivity index (χ1v) is 7.89. The molecule has 0 saturated carbocycles. The predicted octanol–water partition coefficient (Wildman–Crippen LogP) is 2.45. The molecule has 0 aromatic carbocycles. The van der Waals surface area contributed by atoms with Crippen molar-refractivity contribution in [2.45, 2.75) is 44.8 Å². The Kier molecular flexibility index (Phi) is 11.0. The Balaban J connectivity index is 0.00000289. The van der Waals surface area contributed by atoms with Crippen LogP contribution in [-0.4, -0.2) is 36.5 Å². The molecule has 2 unspecified atom stereocenters. The second kappa shape index (κ2) is 10.9. The summed E-state index contributed by atoms with van der Waals surface area (Å²) in [6.07, 6.45) is 4.88. The minimum absolute atomic E-state index is 0. The van der Waals surface area contributed by atoms with E-state index < -0.39 is 0 Å². The van der Waals surface area contributed by atoms with Crippen LogP contribution >= 0.6 is 24.2 Å². The van der Waals surface area contributed by atoms with Crippen molar-refractivity contribution in [3.63, 3.8) is 0 Å². The average Bonchev–Trinajstić information content (AvgIpc) is 2.37. The molecule has 2 N–H and O–H groups in total. The zero-order chi connectivity index (χ0) is 12.5. The van der Waals surface area contributed by atoms with Gasteiger partial charge in [0.05, 0.1) is 5.25 Å². The van der Waals surface area contributed by atoms with E-state index in [1.807, 2.05) is 6.92 Å². The fourth-order valence-electron chi connectivity index (χ4n) is 1.97. The molecule has 1 rings (SSSR count). The lowest BCUT2D eigenvalue weighted by atomic mass is 10.00. The van der Waals surface area contributed by atoms with Crippen LogP contribution in [0, 0.1) is 5.92 Å². The standard InChI is InChI=1S/C13H26N2OS.ClH/c1-3-4-8-17-11(2)13(16)15-10-12-6-5-7-14-9-12;/h11-12,14H,3-10H2,1-2H3,(H,15,16);1H. The Hall–Kier alpha value is 0.0700. The maximum Gasteiger partial charge on any atom is 0.232 e. The number of piperidine rings is 1. The highest BCUT2D eigenvalue weighted by Crippen LogP contribution is 2.13. The largest absolute Gasteiger partial charge is 0.355 e. The number of hydrogen-bond donors (Lipinski definition) is 2. The van der Waals surface area contributed by atoms with E-state index in [-0.39, 0.29) is 23.6 Å². The third-order valence-corrected chi connectivity index (χ3v) is 4.44. The third kappa shape index (κ3) is 7.49. The molecular weight excluding hydrogens is 268 g/mol. The summed E-state index contributed by atoms with van der Waals surface area (Å²) in [6.45, 7) is 7.21. The molecule has 2 atom stereocenters. The van der Waals surface area contributed by atoms with Gasteiger partial charge in [0.2, 0.25) is 5.91 Å². The van der Waals surface area contributed by atoms with Crippen LogP contribution in [0.5, 0.6) is 0 Å². The van der Waals surface area contributed by atoms with Crippen LogP contribution in [0.15, 0.2) is 0 Å². The molecule has 1 amide bonds. The van der Waals surface area contributed by atoms with Gasteiger partial charge < -0.3 is 10.6 Å². The van der Waals surface area contributed by atoms with Crippen LogP contribution < -0.4 is 10.6 Å². The SMILES string of the molecule is CCCCSC(C)C(=O)NCC1CCCNC1.Cl. The highest BCUT2D eigenvalue weighted by Gasteiger charge is 2.16. The van der Waals surface area contributed by atoms with Crippen molar-refractivity contribution in [3.05, 3.63) is 0 Å². The topological polar surface area (TPSA) is 41.1 Å². The summed E-state index contributed by atoms with van der Waals surface area (Å²) in [5, 5.41) is 6.55. The normalized spacial score (nSPS) is 20.9. The second-order valence-corrected chi connectivity index (χ2v) is 6.27. The van der Waals surface area contributed by atoms with Gasteiger partial charge in [0, 0.05) is 6.54 Å². The van der Waals surface area contributed by atoms with Gasteiger partial charge in [-0.25, -0.2) is 0 Å².